The van der Waals surface area contributed by atoms with Gasteiger partial charge in [-0.25, -0.2) is 9.97 Å². The Kier molecular flexibility index (Phi) is 2.29. The molecule has 0 bridgehead atoms. The molecular weight excluding hydrogens is 242 g/mol. The van der Waals surface area contributed by atoms with E-state index in [1.165, 1.54) is 7.11 Å². The molecule has 1 aliphatic rings. The van der Waals surface area contributed by atoms with E-state index in [1.54, 1.807) is 18.6 Å². The molecule has 17 heavy (non-hydrogen) atoms. The van der Waals surface area contributed by atoms with Crippen LogP contribution in [-0.2, 0) is 9.53 Å². The molecular formula is C11H10ClN3O2. The predicted molar refractivity (Wildman–Crippen MR) is 60.9 cm³/mol. The van der Waals surface area contributed by atoms with E-state index in [0.717, 1.165) is 17.8 Å². The molecule has 0 N–H and O–H groups in total. The number of carbonyl (C=O) groups excluding carboxylic acids is 1. The maximum Gasteiger partial charge on any atom is 0.309 e. The number of rotatable bonds is 2. The first-order chi connectivity index (χ1) is 8.22. The van der Waals surface area contributed by atoms with Gasteiger partial charge in [-0.3, -0.25) is 9.20 Å². The highest BCUT2D eigenvalue weighted by atomic mass is 35.5. The average Bonchev–Trinajstić information content (AvgIpc) is 3.01. The predicted octanol–water partition coefficient (Wildman–Crippen LogP) is 1.66. The Morgan fingerprint density at radius 1 is 1.59 bits per heavy atom. The molecule has 6 heteroatoms. The zero-order valence-corrected chi connectivity index (χ0v) is 9.89. The standard InChI is InChI=1S/C11H10ClN3O2/c1-17-11(16)7-4-6(7)10-14-5-8-9(12)13-2-3-15(8)10/h2-3,5-7H,4H2,1H3. The lowest BCUT2D eigenvalue weighted by Crippen LogP contribution is -2.05. The highest BCUT2D eigenvalue weighted by molar-refractivity contribution is 6.32. The van der Waals surface area contributed by atoms with Gasteiger partial charge in [-0.05, 0) is 6.42 Å². The number of hydrogen-bond acceptors (Lipinski definition) is 4. The van der Waals surface area contributed by atoms with Gasteiger partial charge in [-0.15, -0.1) is 0 Å². The van der Waals surface area contributed by atoms with Crippen LogP contribution >= 0.6 is 11.6 Å². The molecule has 0 amide bonds. The molecule has 5 nitrogen and oxygen atoms in total. The van der Waals surface area contributed by atoms with E-state index in [4.69, 9.17) is 16.3 Å². The molecule has 1 saturated carbocycles. The van der Waals surface area contributed by atoms with E-state index in [9.17, 15) is 4.79 Å². The van der Waals surface area contributed by atoms with Crippen molar-refractivity contribution in [3.8, 4) is 0 Å². The summed E-state index contributed by atoms with van der Waals surface area (Å²) in [5.74, 6) is 0.729. The second-order valence-corrected chi connectivity index (χ2v) is 4.42. The SMILES string of the molecule is COC(=O)C1CC1c1ncc2c(Cl)nccn12. The molecule has 0 aromatic carbocycles. The Morgan fingerprint density at radius 3 is 3.18 bits per heavy atom. The normalized spacial score (nSPS) is 22.7. The minimum atomic E-state index is -0.174. The van der Waals surface area contributed by atoms with Crippen LogP contribution < -0.4 is 0 Å². The first-order valence-electron chi connectivity index (χ1n) is 5.27. The Bertz CT molecular complexity index is 595. The van der Waals surface area contributed by atoms with Gasteiger partial charge in [0, 0.05) is 18.3 Å². The molecule has 2 unspecified atom stereocenters. The second kappa shape index (κ2) is 3.70. The lowest BCUT2D eigenvalue weighted by Gasteiger charge is -2.00. The van der Waals surface area contributed by atoms with Crippen molar-refractivity contribution in [2.75, 3.05) is 7.11 Å². The van der Waals surface area contributed by atoms with Gasteiger partial charge in [0.25, 0.3) is 0 Å². The van der Waals surface area contributed by atoms with E-state index in [-0.39, 0.29) is 17.8 Å². The second-order valence-electron chi connectivity index (χ2n) is 4.06. The summed E-state index contributed by atoms with van der Waals surface area (Å²) in [6, 6.07) is 0. The summed E-state index contributed by atoms with van der Waals surface area (Å²) in [5.41, 5.74) is 0.764. The van der Waals surface area contributed by atoms with Crippen LogP contribution in [0.2, 0.25) is 5.15 Å². The molecule has 2 heterocycles. The number of esters is 1. The number of imidazole rings is 1. The monoisotopic (exact) mass is 251 g/mol. The van der Waals surface area contributed by atoms with Gasteiger partial charge in [0.2, 0.25) is 0 Å². The van der Waals surface area contributed by atoms with Crippen LogP contribution in [0, 0.1) is 5.92 Å². The number of methoxy groups -OCH3 is 1. The molecule has 3 rings (SSSR count). The maximum absolute atomic E-state index is 11.4. The number of aromatic nitrogens is 3. The molecule has 2 atom stereocenters. The summed E-state index contributed by atoms with van der Waals surface area (Å²) in [7, 11) is 1.40. The first kappa shape index (κ1) is 10.5. The number of carbonyl (C=O) groups is 1. The van der Waals surface area contributed by atoms with Crippen molar-refractivity contribution in [1.82, 2.24) is 14.4 Å². The highest BCUT2D eigenvalue weighted by Crippen LogP contribution is 2.47. The van der Waals surface area contributed by atoms with Crippen molar-refractivity contribution in [3.05, 3.63) is 29.6 Å². The fourth-order valence-corrected chi connectivity index (χ4v) is 2.28. The van der Waals surface area contributed by atoms with E-state index < -0.39 is 0 Å². The minimum absolute atomic E-state index is 0.0717. The fourth-order valence-electron chi connectivity index (χ4n) is 2.08. The van der Waals surface area contributed by atoms with Crippen LogP contribution in [0.4, 0.5) is 0 Å². The molecule has 0 aliphatic heterocycles. The molecule has 0 spiro atoms. The summed E-state index contributed by atoms with van der Waals surface area (Å²) in [6.45, 7) is 0. The van der Waals surface area contributed by atoms with Crippen molar-refractivity contribution in [2.45, 2.75) is 12.3 Å². The Hall–Kier alpha value is -1.62. The van der Waals surface area contributed by atoms with E-state index in [0.29, 0.717) is 5.15 Å². The zero-order chi connectivity index (χ0) is 12.0. The van der Waals surface area contributed by atoms with Crippen LogP contribution in [0.1, 0.15) is 18.2 Å². The van der Waals surface area contributed by atoms with Crippen LogP contribution in [0.5, 0.6) is 0 Å². The molecule has 1 fully saturated rings. The topological polar surface area (TPSA) is 56.5 Å². The van der Waals surface area contributed by atoms with Crippen LogP contribution in [0.3, 0.4) is 0 Å². The van der Waals surface area contributed by atoms with Gasteiger partial charge in [0.1, 0.15) is 11.3 Å². The van der Waals surface area contributed by atoms with Crippen LogP contribution in [-0.4, -0.2) is 27.4 Å². The third-order valence-electron chi connectivity index (χ3n) is 3.07. The lowest BCUT2D eigenvalue weighted by atomic mass is 10.3. The zero-order valence-electron chi connectivity index (χ0n) is 9.13. The van der Waals surface area contributed by atoms with Gasteiger partial charge in [0.15, 0.2) is 5.15 Å². The van der Waals surface area contributed by atoms with E-state index >= 15 is 0 Å². The Morgan fingerprint density at radius 2 is 2.41 bits per heavy atom. The lowest BCUT2D eigenvalue weighted by molar-refractivity contribution is -0.142. The summed E-state index contributed by atoms with van der Waals surface area (Å²) < 4.78 is 6.60. The van der Waals surface area contributed by atoms with Gasteiger partial charge in [-0.2, -0.15) is 0 Å². The van der Waals surface area contributed by atoms with E-state index in [2.05, 4.69) is 9.97 Å². The molecule has 1 aliphatic carbocycles. The van der Waals surface area contributed by atoms with Crippen molar-refractivity contribution in [3.63, 3.8) is 0 Å². The van der Waals surface area contributed by atoms with Crippen molar-refractivity contribution >= 4 is 23.1 Å². The number of nitrogens with zero attached hydrogens (tertiary/aromatic N) is 3. The summed E-state index contributed by atoms with van der Waals surface area (Å²) >= 11 is 5.96. The number of ether oxygens (including phenoxy) is 1. The highest BCUT2D eigenvalue weighted by Gasteiger charge is 2.47. The quantitative estimate of drug-likeness (QED) is 0.762. The first-order valence-corrected chi connectivity index (χ1v) is 5.65. The minimum Gasteiger partial charge on any atom is -0.469 e. The van der Waals surface area contributed by atoms with E-state index in [1.807, 2.05) is 4.40 Å². The Labute approximate surface area is 102 Å². The summed E-state index contributed by atoms with van der Waals surface area (Å²) in [6.07, 6.45) is 5.88. The van der Waals surface area contributed by atoms with Gasteiger partial charge in [0.05, 0.1) is 19.2 Å². The van der Waals surface area contributed by atoms with Crippen molar-refractivity contribution < 1.29 is 9.53 Å². The van der Waals surface area contributed by atoms with Crippen LogP contribution in [0.25, 0.3) is 5.52 Å². The molecule has 0 saturated heterocycles. The maximum atomic E-state index is 11.4. The summed E-state index contributed by atoms with van der Waals surface area (Å²) in [4.78, 5) is 19.7. The third kappa shape index (κ3) is 1.58. The fraction of sp³-hybridized carbons (Fsp3) is 0.364. The smallest absolute Gasteiger partial charge is 0.309 e. The van der Waals surface area contributed by atoms with Gasteiger partial charge in [-0.1, -0.05) is 11.6 Å². The molecule has 0 radical (unpaired) electrons. The number of hydrogen-bond donors (Lipinski definition) is 0. The average molecular weight is 252 g/mol. The number of fused-ring (bicyclic) bond motifs is 1. The van der Waals surface area contributed by atoms with Crippen molar-refractivity contribution in [1.29, 1.82) is 0 Å². The van der Waals surface area contributed by atoms with Gasteiger partial charge >= 0.3 is 5.97 Å². The van der Waals surface area contributed by atoms with Crippen molar-refractivity contribution in [2.24, 2.45) is 5.92 Å². The third-order valence-corrected chi connectivity index (χ3v) is 3.36. The Balaban J connectivity index is 1.98. The largest absolute Gasteiger partial charge is 0.469 e. The molecule has 2 aromatic rings. The van der Waals surface area contributed by atoms with Crippen LogP contribution in [0.15, 0.2) is 18.6 Å². The summed E-state index contributed by atoms with van der Waals surface area (Å²) in [5, 5.41) is 0.418. The molecule has 88 valence electrons. The molecule has 2 aromatic heterocycles. The number of halogens is 1. The van der Waals surface area contributed by atoms with Gasteiger partial charge < -0.3 is 4.74 Å².